The normalized spacial score (nSPS) is 21.1. The van der Waals surface area contributed by atoms with Crippen molar-refractivity contribution in [3.8, 4) is 0 Å². The molecule has 1 rings (SSSR count). The fourth-order valence-electron chi connectivity index (χ4n) is 2.47. The molecule has 1 aliphatic rings. The molecule has 0 amide bonds. The highest BCUT2D eigenvalue weighted by atomic mass is 16.4. The molecule has 0 radical (unpaired) electrons. The maximum atomic E-state index is 11.2. The number of piperidine rings is 1. The summed E-state index contributed by atoms with van der Waals surface area (Å²) in [7, 11) is 4.21. The van der Waals surface area contributed by atoms with E-state index in [1.54, 1.807) is 0 Å². The average Bonchev–Trinajstić information content (AvgIpc) is 2.25. The molecular formula is C13H26N2O2. The van der Waals surface area contributed by atoms with Crippen LogP contribution >= 0.6 is 0 Å². The molecule has 100 valence electrons. The molecule has 1 fully saturated rings. The van der Waals surface area contributed by atoms with E-state index >= 15 is 0 Å². The number of hydrogen-bond acceptors (Lipinski definition) is 3. The molecule has 0 aromatic heterocycles. The van der Waals surface area contributed by atoms with Gasteiger partial charge in [0, 0.05) is 12.6 Å². The summed E-state index contributed by atoms with van der Waals surface area (Å²) in [6.07, 6.45) is 2.30. The zero-order valence-electron chi connectivity index (χ0n) is 11.5. The maximum Gasteiger partial charge on any atom is 0.308 e. The fourth-order valence-corrected chi connectivity index (χ4v) is 2.47. The summed E-state index contributed by atoms with van der Waals surface area (Å²) in [4.78, 5) is 15.8. The van der Waals surface area contributed by atoms with E-state index < -0.39 is 5.97 Å². The quantitative estimate of drug-likeness (QED) is 0.791. The van der Waals surface area contributed by atoms with Crippen molar-refractivity contribution >= 4 is 5.97 Å². The third-order valence-corrected chi connectivity index (χ3v) is 3.92. The number of likely N-dealkylation sites (tertiary alicyclic amines) is 1. The van der Waals surface area contributed by atoms with Gasteiger partial charge in [-0.25, -0.2) is 0 Å². The third-order valence-electron chi connectivity index (χ3n) is 3.92. The Morgan fingerprint density at radius 1 is 1.41 bits per heavy atom. The van der Waals surface area contributed by atoms with E-state index in [0.717, 1.165) is 25.9 Å². The molecule has 17 heavy (non-hydrogen) atoms. The van der Waals surface area contributed by atoms with Crippen LogP contribution in [0.15, 0.2) is 0 Å². The van der Waals surface area contributed by atoms with Crippen molar-refractivity contribution in [3.05, 3.63) is 0 Å². The second-order valence-electron chi connectivity index (χ2n) is 5.66. The topological polar surface area (TPSA) is 43.8 Å². The fraction of sp³-hybridized carbons (Fsp3) is 0.923. The summed E-state index contributed by atoms with van der Waals surface area (Å²) >= 11 is 0. The Hall–Kier alpha value is -0.610. The van der Waals surface area contributed by atoms with E-state index in [1.807, 2.05) is 13.8 Å². The van der Waals surface area contributed by atoms with Gasteiger partial charge in [-0.05, 0) is 45.9 Å². The Bertz CT molecular complexity index is 248. The molecule has 1 unspecified atom stereocenters. The lowest BCUT2D eigenvalue weighted by atomic mass is 9.94. The molecule has 0 saturated carbocycles. The smallest absolute Gasteiger partial charge is 0.308 e. The summed E-state index contributed by atoms with van der Waals surface area (Å²) in [5, 5.41) is 9.20. The molecule has 1 atom stereocenters. The van der Waals surface area contributed by atoms with Gasteiger partial charge in [0.1, 0.15) is 0 Å². The summed E-state index contributed by atoms with van der Waals surface area (Å²) in [6.45, 7) is 6.88. The predicted octanol–water partition coefficient (Wildman–Crippen LogP) is 1.37. The lowest BCUT2D eigenvalue weighted by Gasteiger charge is -2.36. The Balaban J connectivity index is 2.46. The zero-order chi connectivity index (χ0) is 13.0. The number of carboxylic acids is 1. The molecule has 0 aromatic rings. The van der Waals surface area contributed by atoms with E-state index in [1.165, 1.54) is 0 Å². The van der Waals surface area contributed by atoms with E-state index in [4.69, 9.17) is 0 Å². The molecule has 0 aliphatic carbocycles. The monoisotopic (exact) mass is 242 g/mol. The molecule has 4 nitrogen and oxygen atoms in total. The summed E-state index contributed by atoms with van der Waals surface area (Å²) < 4.78 is 0. The lowest BCUT2D eigenvalue weighted by Crippen LogP contribution is -2.45. The van der Waals surface area contributed by atoms with Gasteiger partial charge in [-0.15, -0.1) is 0 Å². The Morgan fingerprint density at radius 2 is 1.94 bits per heavy atom. The number of carbonyl (C=O) groups is 1. The highest BCUT2D eigenvalue weighted by Crippen LogP contribution is 2.18. The molecule has 1 aliphatic heterocycles. The van der Waals surface area contributed by atoms with Gasteiger partial charge >= 0.3 is 5.97 Å². The van der Waals surface area contributed by atoms with Crippen LogP contribution in [0.5, 0.6) is 0 Å². The van der Waals surface area contributed by atoms with Gasteiger partial charge in [0.05, 0.1) is 5.92 Å². The van der Waals surface area contributed by atoms with Gasteiger partial charge in [-0.2, -0.15) is 0 Å². The maximum absolute atomic E-state index is 11.2. The highest BCUT2D eigenvalue weighted by Gasteiger charge is 2.27. The minimum absolute atomic E-state index is 0.196. The predicted molar refractivity (Wildman–Crippen MR) is 69.1 cm³/mol. The molecule has 1 heterocycles. The number of carboxylic acid groups (broad SMARTS) is 1. The lowest BCUT2D eigenvalue weighted by molar-refractivity contribution is -0.144. The van der Waals surface area contributed by atoms with Gasteiger partial charge in [0.25, 0.3) is 0 Å². The molecular weight excluding hydrogens is 216 g/mol. The van der Waals surface area contributed by atoms with Crippen molar-refractivity contribution in [1.82, 2.24) is 9.80 Å². The average molecular weight is 242 g/mol. The van der Waals surface area contributed by atoms with Crippen LogP contribution < -0.4 is 0 Å². The summed E-state index contributed by atoms with van der Waals surface area (Å²) in [6, 6.07) is 0.548. The van der Waals surface area contributed by atoms with Gasteiger partial charge < -0.3 is 14.9 Å². The number of nitrogens with zero attached hydrogens (tertiary/aromatic N) is 2. The van der Waals surface area contributed by atoms with Crippen molar-refractivity contribution in [2.24, 2.45) is 11.8 Å². The van der Waals surface area contributed by atoms with Gasteiger partial charge in [0.15, 0.2) is 0 Å². The van der Waals surface area contributed by atoms with E-state index in [-0.39, 0.29) is 11.8 Å². The van der Waals surface area contributed by atoms with Gasteiger partial charge in [-0.1, -0.05) is 13.8 Å². The molecule has 4 heteroatoms. The Kier molecular flexibility index (Phi) is 5.40. The Labute approximate surface area is 105 Å². The molecule has 0 bridgehead atoms. The van der Waals surface area contributed by atoms with Crippen molar-refractivity contribution in [1.29, 1.82) is 0 Å². The number of aliphatic carboxylic acids is 1. The first-order valence-corrected chi connectivity index (χ1v) is 6.53. The van der Waals surface area contributed by atoms with E-state index in [0.29, 0.717) is 12.6 Å². The number of hydrogen-bond donors (Lipinski definition) is 1. The highest BCUT2D eigenvalue weighted by molar-refractivity contribution is 5.70. The SMILES string of the molecule is CC(C)C(CN(C)C1CCN(C)CC1)C(=O)O. The zero-order valence-corrected chi connectivity index (χ0v) is 11.5. The van der Waals surface area contributed by atoms with Crippen molar-refractivity contribution < 1.29 is 9.90 Å². The van der Waals surface area contributed by atoms with Crippen LogP contribution in [0.1, 0.15) is 26.7 Å². The minimum Gasteiger partial charge on any atom is -0.481 e. The Morgan fingerprint density at radius 3 is 2.35 bits per heavy atom. The number of rotatable bonds is 5. The standard InChI is InChI=1S/C13H26N2O2/c1-10(2)12(13(16)17)9-15(4)11-5-7-14(3)8-6-11/h10-12H,5-9H2,1-4H3,(H,16,17). The summed E-state index contributed by atoms with van der Waals surface area (Å²) in [5.74, 6) is -0.722. The second kappa shape index (κ2) is 6.36. The van der Waals surface area contributed by atoms with Crippen LogP contribution in [0.25, 0.3) is 0 Å². The van der Waals surface area contributed by atoms with Crippen LogP contribution in [0.2, 0.25) is 0 Å². The van der Waals surface area contributed by atoms with Crippen LogP contribution in [0.3, 0.4) is 0 Å². The van der Waals surface area contributed by atoms with Crippen molar-refractivity contribution in [2.75, 3.05) is 33.7 Å². The minimum atomic E-state index is -0.667. The molecule has 1 N–H and O–H groups in total. The van der Waals surface area contributed by atoms with Crippen LogP contribution in [0, 0.1) is 11.8 Å². The van der Waals surface area contributed by atoms with E-state index in [9.17, 15) is 9.90 Å². The molecule has 0 aromatic carbocycles. The largest absolute Gasteiger partial charge is 0.481 e. The van der Waals surface area contributed by atoms with E-state index in [2.05, 4.69) is 23.9 Å². The first-order valence-electron chi connectivity index (χ1n) is 6.53. The van der Waals surface area contributed by atoms with Gasteiger partial charge in [-0.3, -0.25) is 4.79 Å². The third kappa shape index (κ3) is 4.28. The van der Waals surface area contributed by atoms with Crippen molar-refractivity contribution in [3.63, 3.8) is 0 Å². The molecule has 1 saturated heterocycles. The van der Waals surface area contributed by atoms with Gasteiger partial charge in [0.2, 0.25) is 0 Å². The van der Waals surface area contributed by atoms with Crippen LogP contribution in [-0.2, 0) is 4.79 Å². The second-order valence-corrected chi connectivity index (χ2v) is 5.66. The molecule has 0 spiro atoms. The van der Waals surface area contributed by atoms with Crippen LogP contribution in [-0.4, -0.2) is 60.6 Å². The van der Waals surface area contributed by atoms with Crippen molar-refractivity contribution in [2.45, 2.75) is 32.7 Å². The first kappa shape index (κ1) is 14.5. The van der Waals surface area contributed by atoms with Crippen LogP contribution in [0.4, 0.5) is 0 Å². The first-order chi connectivity index (χ1) is 7.91. The summed E-state index contributed by atoms with van der Waals surface area (Å²) in [5.41, 5.74) is 0.